The van der Waals surface area contributed by atoms with Gasteiger partial charge in [-0.2, -0.15) is 0 Å². The summed E-state index contributed by atoms with van der Waals surface area (Å²) >= 11 is 0. The summed E-state index contributed by atoms with van der Waals surface area (Å²) in [6.45, 7) is 9.80. The number of guanidine groups is 1. The Bertz CT molecular complexity index is 275. The smallest absolute Gasteiger partial charge is 0.265 e. The van der Waals surface area contributed by atoms with Gasteiger partial charge < -0.3 is 0 Å². The van der Waals surface area contributed by atoms with Crippen LogP contribution in [0.4, 0.5) is 0 Å². The number of likely N-dealkylation sites (N-methyl/N-ethyl adjacent to an activating group) is 1. The first kappa shape index (κ1) is 12.1. The van der Waals surface area contributed by atoms with Crippen molar-refractivity contribution in [2.24, 2.45) is 0 Å². The highest BCUT2D eigenvalue weighted by molar-refractivity contribution is 5.77. The molecule has 0 aliphatic carbocycles. The van der Waals surface area contributed by atoms with Crippen molar-refractivity contribution in [1.82, 2.24) is 9.80 Å². The molecular formula is C12H24N3+. The van der Waals surface area contributed by atoms with E-state index in [1.165, 1.54) is 11.7 Å². The molecular weight excluding hydrogens is 186 g/mol. The first-order valence-electron chi connectivity index (χ1n) is 5.91. The van der Waals surface area contributed by atoms with Gasteiger partial charge in [0.15, 0.2) is 0 Å². The summed E-state index contributed by atoms with van der Waals surface area (Å²) in [5.74, 6) is 1.33. The van der Waals surface area contributed by atoms with Gasteiger partial charge in [-0.25, -0.2) is 4.90 Å². The number of allylic oxidation sites excluding steroid dienone is 1. The van der Waals surface area contributed by atoms with Gasteiger partial charge in [-0.05, 0) is 26.3 Å². The monoisotopic (exact) mass is 210 g/mol. The molecule has 0 radical (unpaired) electrons. The first-order chi connectivity index (χ1) is 7.15. The molecule has 1 aliphatic rings. The lowest BCUT2D eigenvalue weighted by Crippen LogP contribution is -2.49. The molecule has 0 fully saturated rings. The van der Waals surface area contributed by atoms with Crippen LogP contribution in [0.1, 0.15) is 27.2 Å². The highest BCUT2D eigenvalue weighted by Gasteiger charge is 2.28. The minimum absolute atomic E-state index is 1.03. The van der Waals surface area contributed by atoms with E-state index in [0.717, 1.165) is 26.1 Å². The van der Waals surface area contributed by atoms with Gasteiger partial charge >= 0.3 is 5.96 Å². The fourth-order valence-corrected chi connectivity index (χ4v) is 2.19. The van der Waals surface area contributed by atoms with Crippen LogP contribution in [0.2, 0.25) is 0 Å². The molecule has 1 aliphatic heterocycles. The zero-order valence-electron chi connectivity index (χ0n) is 10.7. The van der Waals surface area contributed by atoms with Gasteiger partial charge in [0.05, 0.1) is 39.4 Å². The van der Waals surface area contributed by atoms with Gasteiger partial charge in [0.1, 0.15) is 0 Å². The van der Waals surface area contributed by atoms with Crippen LogP contribution in [0.3, 0.4) is 0 Å². The molecule has 0 amide bonds. The van der Waals surface area contributed by atoms with Crippen LogP contribution in [0.5, 0.6) is 0 Å². The molecule has 0 aromatic carbocycles. The van der Waals surface area contributed by atoms with Crippen LogP contribution < -0.4 is 0 Å². The number of nitrogens with zero attached hydrogens (tertiary/aromatic N) is 3. The Morgan fingerprint density at radius 1 is 1.33 bits per heavy atom. The number of hydrogen-bond donors (Lipinski definition) is 0. The third-order valence-corrected chi connectivity index (χ3v) is 3.08. The second-order valence-corrected chi connectivity index (χ2v) is 3.96. The Kier molecular flexibility index (Phi) is 4.18. The fourth-order valence-electron chi connectivity index (χ4n) is 2.19. The van der Waals surface area contributed by atoms with Crippen LogP contribution >= 0.6 is 0 Å². The Morgan fingerprint density at radius 2 is 1.93 bits per heavy atom. The summed E-state index contributed by atoms with van der Waals surface area (Å²) in [5.41, 5.74) is 1.43. The zero-order chi connectivity index (χ0) is 11.4. The van der Waals surface area contributed by atoms with Crippen LogP contribution in [0, 0.1) is 0 Å². The standard InChI is InChI=1S/C12H24N3/c1-6-11-9-10-13(4)12(14(11)5)15(7-2)8-3/h9H,6-8,10H2,1-5H3/q+1. The number of rotatable bonds is 3. The van der Waals surface area contributed by atoms with Crippen LogP contribution in [0.15, 0.2) is 11.8 Å². The quantitative estimate of drug-likeness (QED) is 0.654. The summed E-state index contributed by atoms with van der Waals surface area (Å²) in [6, 6.07) is 0. The van der Waals surface area contributed by atoms with Crippen molar-refractivity contribution in [3.05, 3.63) is 11.8 Å². The fraction of sp³-hybridized carbons (Fsp3) is 0.750. The molecule has 15 heavy (non-hydrogen) atoms. The average molecular weight is 210 g/mol. The van der Waals surface area contributed by atoms with Gasteiger partial charge in [-0.15, -0.1) is 0 Å². The second kappa shape index (κ2) is 5.19. The lowest BCUT2D eigenvalue weighted by Gasteiger charge is -2.29. The van der Waals surface area contributed by atoms with Crippen molar-refractivity contribution in [3.8, 4) is 0 Å². The van der Waals surface area contributed by atoms with Crippen molar-refractivity contribution in [3.63, 3.8) is 0 Å². The molecule has 0 bridgehead atoms. The van der Waals surface area contributed by atoms with Crippen molar-refractivity contribution in [2.45, 2.75) is 27.2 Å². The molecule has 86 valence electrons. The van der Waals surface area contributed by atoms with E-state index in [2.05, 4.69) is 55.3 Å². The van der Waals surface area contributed by atoms with E-state index < -0.39 is 0 Å². The molecule has 1 heterocycles. The highest BCUT2D eigenvalue weighted by atomic mass is 15.4. The molecule has 0 atom stereocenters. The minimum atomic E-state index is 1.03. The molecule has 0 saturated carbocycles. The van der Waals surface area contributed by atoms with E-state index in [9.17, 15) is 0 Å². The van der Waals surface area contributed by atoms with Gasteiger partial charge in [-0.1, -0.05) is 6.92 Å². The molecule has 3 heteroatoms. The molecule has 0 saturated heterocycles. The van der Waals surface area contributed by atoms with Crippen LogP contribution in [0.25, 0.3) is 0 Å². The maximum atomic E-state index is 2.41. The predicted molar refractivity (Wildman–Crippen MR) is 65.1 cm³/mol. The third kappa shape index (κ3) is 2.33. The minimum Gasteiger partial charge on any atom is -0.265 e. The lowest BCUT2D eigenvalue weighted by atomic mass is 10.2. The predicted octanol–water partition coefficient (Wildman–Crippen LogP) is 1.57. The average Bonchev–Trinajstić information content (AvgIpc) is 2.24. The van der Waals surface area contributed by atoms with Gasteiger partial charge in [0, 0.05) is 0 Å². The summed E-state index contributed by atoms with van der Waals surface area (Å²) in [6.07, 6.45) is 3.42. The maximum Gasteiger partial charge on any atom is 0.354 e. The van der Waals surface area contributed by atoms with E-state index >= 15 is 0 Å². The Morgan fingerprint density at radius 3 is 2.40 bits per heavy atom. The van der Waals surface area contributed by atoms with Crippen LogP contribution in [-0.4, -0.2) is 54.1 Å². The molecule has 0 spiro atoms. The first-order valence-corrected chi connectivity index (χ1v) is 5.91. The lowest BCUT2D eigenvalue weighted by molar-refractivity contribution is -0.499. The summed E-state index contributed by atoms with van der Waals surface area (Å²) in [4.78, 5) is 4.72. The molecule has 0 aromatic rings. The summed E-state index contributed by atoms with van der Waals surface area (Å²) in [5, 5.41) is 0. The molecule has 1 rings (SSSR count). The Balaban J connectivity index is 2.93. The zero-order valence-corrected chi connectivity index (χ0v) is 10.7. The SMILES string of the molecule is CCC1=CC[N+](C)=C(N(CC)CC)N1C. The molecule has 0 N–H and O–H groups in total. The Hall–Kier alpha value is -0.990. The normalized spacial score (nSPS) is 16.9. The molecule has 0 unspecified atom stereocenters. The molecule has 3 nitrogen and oxygen atoms in total. The van der Waals surface area contributed by atoms with E-state index in [4.69, 9.17) is 0 Å². The van der Waals surface area contributed by atoms with Crippen molar-refractivity contribution in [2.75, 3.05) is 33.7 Å². The summed E-state index contributed by atoms with van der Waals surface area (Å²) < 4.78 is 2.31. The number of hydrogen-bond acceptors (Lipinski definition) is 2. The van der Waals surface area contributed by atoms with Gasteiger partial charge in [-0.3, -0.25) is 9.48 Å². The maximum absolute atomic E-state index is 2.41. The topological polar surface area (TPSA) is 9.49 Å². The van der Waals surface area contributed by atoms with Crippen LogP contribution in [-0.2, 0) is 0 Å². The van der Waals surface area contributed by atoms with Gasteiger partial charge in [0.2, 0.25) is 0 Å². The van der Waals surface area contributed by atoms with Crippen molar-refractivity contribution >= 4 is 5.96 Å². The molecule has 0 aromatic heterocycles. The van der Waals surface area contributed by atoms with E-state index in [1.807, 2.05) is 0 Å². The van der Waals surface area contributed by atoms with E-state index in [1.54, 1.807) is 0 Å². The van der Waals surface area contributed by atoms with Gasteiger partial charge in [0.25, 0.3) is 0 Å². The summed E-state index contributed by atoms with van der Waals surface area (Å²) in [7, 11) is 4.33. The van der Waals surface area contributed by atoms with Crippen molar-refractivity contribution < 1.29 is 4.58 Å². The third-order valence-electron chi connectivity index (χ3n) is 3.08. The Labute approximate surface area is 93.7 Å². The second-order valence-electron chi connectivity index (χ2n) is 3.96. The van der Waals surface area contributed by atoms with Crippen molar-refractivity contribution in [1.29, 1.82) is 0 Å². The highest BCUT2D eigenvalue weighted by Crippen LogP contribution is 2.13. The largest absolute Gasteiger partial charge is 0.354 e. The van der Waals surface area contributed by atoms with E-state index in [0.29, 0.717) is 0 Å². The van der Waals surface area contributed by atoms with E-state index in [-0.39, 0.29) is 0 Å².